The van der Waals surface area contributed by atoms with Crippen molar-refractivity contribution in [2.24, 2.45) is 0 Å². The summed E-state index contributed by atoms with van der Waals surface area (Å²) >= 11 is 8.97. The number of anilines is 2. The van der Waals surface area contributed by atoms with Gasteiger partial charge in [-0.3, -0.25) is 9.36 Å². The van der Waals surface area contributed by atoms with Crippen LogP contribution in [0.5, 0.6) is 0 Å². The molecule has 0 atom stereocenters. The van der Waals surface area contributed by atoms with E-state index in [4.69, 9.17) is 16.9 Å². The Labute approximate surface area is 185 Å². The van der Waals surface area contributed by atoms with Crippen LogP contribution in [-0.4, -0.2) is 19.7 Å². The summed E-state index contributed by atoms with van der Waals surface area (Å²) in [5, 5.41) is 22.5. The molecule has 0 aliphatic heterocycles. The molecule has 2 aromatic carbocycles. The normalized spacial score (nSPS) is 10.8. The molecule has 0 radical (unpaired) electrons. The minimum absolute atomic E-state index is 0.0519. The molecule has 10 heteroatoms. The number of nitriles is 1. The van der Waals surface area contributed by atoms with Crippen LogP contribution >= 0.6 is 34.7 Å². The molecule has 0 unspecified atom stereocenters. The number of thioether (sulfide) groups is 1. The van der Waals surface area contributed by atoms with E-state index < -0.39 is 0 Å². The number of hydrogen-bond acceptors (Lipinski definition) is 8. The van der Waals surface area contributed by atoms with E-state index in [0.29, 0.717) is 32.6 Å². The van der Waals surface area contributed by atoms with E-state index in [1.54, 1.807) is 18.2 Å². The minimum Gasteiger partial charge on any atom is -0.330 e. The third-order valence-electron chi connectivity index (χ3n) is 4.32. The maximum atomic E-state index is 12.7. The van der Waals surface area contributed by atoms with Gasteiger partial charge in [0.1, 0.15) is 12.4 Å². The molecule has 30 heavy (non-hydrogen) atoms. The van der Waals surface area contributed by atoms with Crippen molar-refractivity contribution in [2.45, 2.75) is 23.6 Å². The first-order valence-electron chi connectivity index (χ1n) is 8.90. The molecule has 0 amide bonds. The molecule has 0 fully saturated rings. The molecular formula is C20H15ClN6OS2. The van der Waals surface area contributed by atoms with Crippen molar-refractivity contribution in [1.82, 2.24) is 19.7 Å². The Bertz CT molecular complexity index is 1330. The van der Waals surface area contributed by atoms with Gasteiger partial charge in [0, 0.05) is 10.7 Å². The van der Waals surface area contributed by atoms with E-state index in [0.717, 1.165) is 15.6 Å². The number of benzene rings is 2. The smallest absolute Gasteiger partial charge is 0.262 e. The van der Waals surface area contributed by atoms with Gasteiger partial charge in [0.05, 0.1) is 22.7 Å². The maximum absolute atomic E-state index is 12.7. The number of para-hydroxylation sites is 1. The van der Waals surface area contributed by atoms with Crippen molar-refractivity contribution in [3.8, 4) is 6.07 Å². The Morgan fingerprint density at radius 3 is 2.90 bits per heavy atom. The highest BCUT2D eigenvalue weighted by atomic mass is 35.5. The van der Waals surface area contributed by atoms with E-state index in [9.17, 15) is 4.79 Å². The Kier molecular flexibility index (Phi) is 5.99. The van der Waals surface area contributed by atoms with Crippen molar-refractivity contribution in [1.29, 1.82) is 5.26 Å². The standard InChI is InChI=1S/C20H15ClN6OS2/c1-12-6-7-13(10-15(12)21)23-19-25-26-20(30-19)29-11-17-24-16-5-3-2-4-14(16)18(28)27(17)9-8-22/h2-7,10H,9,11H2,1H3,(H,23,25). The third kappa shape index (κ3) is 4.31. The average molecular weight is 455 g/mol. The fourth-order valence-electron chi connectivity index (χ4n) is 2.80. The fraction of sp³-hybridized carbons (Fsp3) is 0.150. The van der Waals surface area contributed by atoms with E-state index in [-0.39, 0.29) is 12.1 Å². The molecule has 1 N–H and O–H groups in total. The Morgan fingerprint density at radius 2 is 2.10 bits per heavy atom. The van der Waals surface area contributed by atoms with Crippen molar-refractivity contribution in [2.75, 3.05) is 5.32 Å². The van der Waals surface area contributed by atoms with E-state index >= 15 is 0 Å². The first-order valence-corrected chi connectivity index (χ1v) is 11.1. The lowest BCUT2D eigenvalue weighted by atomic mass is 10.2. The van der Waals surface area contributed by atoms with Crippen LogP contribution in [0.1, 0.15) is 11.4 Å². The number of aryl methyl sites for hydroxylation is 1. The molecule has 0 aliphatic rings. The predicted octanol–water partition coefficient (Wildman–Crippen LogP) is 4.77. The number of hydrogen-bond donors (Lipinski definition) is 1. The number of aromatic nitrogens is 4. The summed E-state index contributed by atoms with van der Waals surface area (Å²) in [5.41, 5.74) is 2.23. The Hall–Kier alpha value is -2.93. The van der Waals surface area contributed by atoms with E-state index in [1.807, 2.05) is 37.3 Å². The molecule has 0 saturated carbocycles. The average Bonchev–Trinajstić information content (AvgIpc) is 3.19. The molecule has 0 spiro atoms. The molecule has 2 heterocycles. The van der Waals surface area contributed by atoms with Gasteiger partial charge in [-0.2, -0.15) is 5.26 Å². The van der Waals surface area contributed by atoms with Crippen molar-refractivity contribution in [3.63, 3.8) is 0 Å². The highest BCUT2D eigenvalue weighted by Gasteiger charge is 2.13. The number of nitrogens with one attached hydrogen (secondary N) is 1. The minimum atomic E-state index is -0.214. The zero-order valence-electron chi connectivity index (χ0n) is 15.8. The van der Waals surface area contributed by atoms with Crippen LogP contribution < -0.4 is 10.9 Å². The summed E-state index contributed by atoms with van der Waals surface area (Å²) in [6, 6.07) is 14.9. The van der Waals surface area contributed by atoms with Gasteiger partial charge in [-0.15, -0.1) is 10.2 Å². The highest BCUT2D eigenvalue weighted by molar-refractivity contribution is 8.00. The number of halogens is 1. The quantitative estimate of drug-likeness (QED) is 0.419. The number of rotatable bonds is 6. The van der Waals surface area contributed by atoms with Crippen LogP contribution in [0.25, 0.3) is 10.9 Å². The van der Waals surface area contributed by atoms with E-state index in [1.165, 1.54) is 27.7 Å². The van der Waals surface area contributed by atoms with Crippen LogP contribution in [0, 0.1) is 18.3 Å². The van der Waals surface area contributed by atoms with Crippen molar-refractivity contribution in [3.05, 3.63) is 69.2 Å². The fourth-order valence-corrected chi connectivity index (χ4v) is 4.70. The summed E-state index contributed by atoms with van der Waals surface area (Å²) in [6.45, 7) is 1.89. The largest absolute Gasteiger partial charge is 0.330 e. The lowest BCUT2D eigenvalue weighted by Crippen LogP contribution is -2.24. The third-order valence-corrected chi connectivity index (χ3v) is 6.70. The summed E-state index contributed by atoms with van der Waals surface area (Å²) < 4.78 is 2.13. The van der Waals surface area contributed by atoms with Gasteiger partial charge in [0.2, 0.25) is 5.13 Å². The van der Waals surface area contributed by atoms with Crippen molar-refractivity contribution < 1.29 is 0 Å². The van der Waals surface area contributed by atoms with Crippen LogP contribution in [-0.2, 0) is 12.3 Å². The second kappa shape index (κ2) is 8.83. The Balaban J connectivity index is 1.53. The van der Waals surface area contributed by atoms with Gasteiger partial charge >= 0.3 is 0 Å². The monoisotopic (exact) mass is 454 g/mol. The van der Waals surface area contributed by atoms with E-state index in [2.05, 4.69) is 20.5 Å². The molecule has 0 aliphatic carbocycles. The summed E-state index contributed by atoms with van der Waals surface area (Å²) in [4.78, 5) is 17.3. The predicted molar refractivity (Wildman–Crippen MR) is 121 cm³/mol. The van der Waals surface area contributed by atoms with Gasteiger partial charge in [-0.1, -0.05) is 52.9 Å². The van der Waals surface area contributed by atoms with Crippen LogP contribution in [0.3, 0.4) is 0 Å². The molecular weight excluding hydrogens is 440 g/mol. The molecule has 0 saturated heterocycles. The Morgan fingerprint density at radius 1 is 1.27 bits per heavy atom. The number of fused-ring (bicyclic) bond motifs is 1. The van der Waals surface area contributed by atoms with Crippen LogP contribution in [0.15, 0.2) is 51.6 Å². The second-order valence-corrected chi connectivity index (χ2v) is 8.95. The lowest BCUT2D eigenvalue weighted by Gasteiger charge is -2.09. The topological polar surface area (TPSA) is 96.5 Å². The van der Waals surface area contributed by atoms with Gasteiger partial charge < -0.3 is 5.32 Å². The first kappa shape index (κ1) is 20.3. The van der Waals surface area contributed by atoms with Crippen LogP contribution in [0.4, 0.5) is 10.8 Å². The van der Waals surface area contributed by atoms with Gasteiger partial charge in [-0.25, -0.2) is 4.98 Å². The molecule has 150 valence electrons. The van der Waals surface area contributed by atoms with Gasteiger partial charge in [-0.05, 0) is 36.8 Å². The SMILES string of the molecule is Cc1ccc(Nc2nnc(SCc3nc4ccccc4c(=O)n3CC#N)s2)cc1Cl. The highest BCUT2D eigenvalue weighted by Crippen LogP contribution is 2.30. The molecule has 4 aromatic rings. The van der Waals surface area contributed by atoms with Crippen molar-refractivity contribution >= 4 is 56.4 Å². The maximum Gasteiger partial charge on any atom is 0.262 e. The van der Waals surface area contributed by atoms with Gasteiger partial charge in [0.25, 0.3) is 5.56 Å². The summed E-state index contributed by atoms with van der Waals surface area (Å²) in [7, 11) is 0. The van der Waals surface area contributed by atoms with Gasteiger partial charge in [0.15, 0.2) is 4.34 Å². The summed E-state index contributed by atoms with van der Waals surface area (Å²) in [5.74, 6) is 0.924. The lowest BCUT2D eigenvalue weighted by molar-refractivity contribution is 0.730. The number of nitrogens with zero attached hydrogens (tertiary/aromatic N) is 5. The molecule has 7 nitrogen and oxygen atoms in total. The molecule has 2 aromatic heterocycles. The molecule has 4 rings (SSSR count). The first-order chi connectivity index (χ1) is 14.5. The second-order valence-electron chi connectivity index (χ2n) is 6.35. The summed E-state index contributed by atoms with van der Waals surface area (Å²) in [6.07, 6.45) is 0. The van der Waals surface area contributed by atoms with Crippen LogP contribution in [0.2, 0.25) is 5.02 Å². The molecule has 0 bridgehead atoms. The zero-order chi connectivity index (χ0) is 21.1. The zero-order valence-corrected chi connectivity index (χ0v) is 18.2.